The van der Waals surface area contributed by atoms with Crippen LogP contribution in [0.1, 0.15) is 44.2 Å². The Bertz CT molecular complexity index is 431. The van der Waals surface area contributed by atoms with Crippen molar-refractivity contribution < 1.29 is 5.11 Å². The normalized spacial score (nSPS) is 11.3. The summed E-state index contributed by atoms with van der Waals surface area (Å²) in [4.78, 5) is 0. The number of benzene rings is 2. The fourth-order valence-corrected chi connectivity index (χ4v) is 2.06. The van der Waals surface area contributed by atoms with Crippen LogP contribution in [0.5, 0.6) is 5.75 Å². The molecule has 1 atom stereocenters. The van der Waals surface area contributed by atoms with Crippen LogP contribution in [0.2, 0.25) is 0 Å². The molecule has 2 aromatic rings. The van der Waals surface area contributed by atoms with Crippen LogP contribution in [-0.2, 0) is 0 Å². The molecule has 0 bridgehead atoms. The molecule has 18 heavy (non-hydrogen) atoms. The molecule has 0 aliphatic heterocycles. The first-order chi connectivity index (χ1) is 8.81. The molecule has 0 fully saturated rings. The van der Waals surface area contributed by atoms with Gasteiger partial charge in [0, 0.05) is 5.92 Å². The van der Waals surface area contributed by atoms with Gasteiger partial charge in [-0.1, -0.05) is 63.2 Å². The highest BCUT2D eigenvalue weighted by Gasteiger charge is 2.10. The molecular weight excluding hydrogens is 220 g/mol. The van der Waals surface area contributed by atoms with Crippen molar-refractivity contribution in [3.63, 3.8) is 0 Å². The zero-order valence-electron chi connectivity index (χ0n) is 11.4. The Morgan fingerprint density at radius 1 is 0.833 bits per heavy atom. The Morgan fingerprint density at radius 2 is 1.33 bits per heavy atom. The van der Waals surface area contributed by atoms with Crippen molar-refractivity contribution in [3.8, 4) is 5.75 Å². The van der Waals surface area contributed by atoms with Gasteiger partial charge in [0.05, 0.1) is 0 Å². The fraction of sp³-hybridized carbons (Fsp3) is 0.294. The first kappa shape index (κ1) is 14.3. The van der Waals surface area contributed by atoms with Crippen LogP contribution in [-0.4, -0.2) is 5.11 Å². The van der Waals surface area contributed by atoms with Gasteiger partial charge < -0.3 is 5.11 Å². The van der Waals surface area contributed by atoms with Crippen LogP contribution < -0.4 is 0 Å². The van der Waals surface area contributed by atoms with Crippen molar-refractivity contribution in [2.75, 3.05) is 0 Å². The van der Waals surface area contributed by atoms with Gasteiger partial charge in [-0.25, -0.2) is 0 Å². The van der Waals surface area contributed by atoms with Gasteiger partial charge in [0.1, 0.15) is 5.75 Å². The SMILES string of the molecule is CC.CCC(c1ccccc1)c1ccc(O)cc1. The third-order valence-corrected chi connectivity index (χ3v) is 2.91. The van der Waals surface area contributed by atoms with Crippen molar-refractivity contribution in [1.82, 2.24) is 0 Å². The predicted molar refractivity (Wildman–Crippen MR) is 78.0 cm³/mol. The number of hydrogen-bond donors (Lipinski definition) is 1. The fourth-order valence-electron chi connectivity index (χ4n) is 2.06. The number of phenols is 1. The molecule has 1 nitrogen and oxygen atoms in total. The topological polar surface area (TPSA) is 20.2 Å². The molecule has 2 rings (SSSR count). The maximum Gasteiger partial charge on any atom is 0.115 e. The molecule has 96 valence electrons. The van der Waals surface area contributed by atoms with Crippen molar-refractivity contribution in [2.45, 2.75) is 33.1 Å². The summed E-state index contributed by atoms with van der Waals surface area (Å²) in [5.74, 6) is 0.744. The molecule has 0 aromatic heterocycles. The van der Waals surface area contributed by atoms with E-state index >= 15 is 0 Å². The molecule has 0 heterocycles. The quantitative estimate of drug-likeness (QED) is 0.806. The number of phenolic OH excluding ortho intramolecular Hbond substituents is 1. The summed E-state index contributed by atoms with van der Waals surface area (Å²) in [6, 6.07) is 18.0. The molecule has 0 aliphatic carbocycles. The summed E-state index contributed by atoms with van der Waals surface area (Å²) >= 11 is 0. The smallest absolute Gasteiger partial charge is 0.115 e. The Balaban J connectivity index is 0.000000771. The summed E-state index contributed by atoms with van der Waals surface area (Å²) in [7, 11) is 0. The van der Waals surface area contributed by atoms with Crippen LogP contribution in [0.4, 0.5) is 0 Å². The summed E-state index contributed by atoms with van der Waals surface area (Å²) in [6.45, 7) is 6.19. The highest BCUT2D eigenvalue weighted by atomic mass is 16.3. The van der Waals surface area contributed by atoms with Crippen molar-refractivity contribution in [1.29, 1.82) is 0 Å². The van der Waals surface area contributed by atoms with Gasteiger partial charge in [-0.2, -0.15) is 0 Å². The lowest BCUT2D eigenvalue weighted by Gasteiger charge is -2.15. The average molecular weight is 242 g/mol. The lowest BCUT2D eigenvalue weighted by atomic mass is 9.89. The molecule has 0 radical (unpaired) electrons. The zero-order valence-corrected chi connectivity index (χ0v) is 11.4. The minimum atomic E-state index is 0.326. The van der Waals surface area contributed by atoms with Crippen molar-refractivity contribution in [2.24, 2.45) is 0 Å². The van der Waals surface area contributed by atoms with E-state index in [4.69, 9.17) is 0 Å². The van der Waals surface area contributed by atoms with Gasteiger partial charge in [-0.3, -0.25) is 0 Å². The molecule has 1 unspecified atom stereocenters. The average Bonchev–Trinajstić information content (AvgIpc) is 2.45. The highest BCUT2D eigenvalue weighted by molar-refractivity contribution is 5.35. The predicted octanol–water partition coefficient (Wildman–Crippen LogP) is 4.96. The second-order valence-corrected chi connectivity index (χ2v) is 3.96. The first-order valence-electron chi connectivity index (χ1n) is 6.65. The van der Waals surface area contributed by atoms with E-state index in [1.54, 1.807) is 12.1 Å². The van der Waals surface area contributed by atoms with E-state index in [1.807, 2.05) is 32.0 Å². The Labute approximate surface area is 110 Å². The minimum absolute atomic E-state index is 0.326. The zero-order chi connectivity index (χ0) is 13.4. The van der Waals surface area contributed by atoms with Crippen molar-refractivity contribution in [3.05, 3.63) is 65.7 Å². The van der Waals surface area contributed by atoms with Gasteiger partial charge in [-0.15, -0.1) is 0 Å². The molecule has 1 N–H and O–H groups in total. The second-order valence-electron chi connectivity index (χ2n) is 3.96. The number of hydrogen-bond acceptors (Lipinski definition) is 1. The third-order valence-electron chi connectivity index (χ3n) is 2.91. The van der Waals surface area contributed by atoms with E-state index < -0.39 is 0 Å². The molecule has 0 spiro atoms. The second kappa shape index (κ2) is 7.54. The van der Waals surface area contributed by atoms with Crippen LogP contribution >= 0.6 is 0 Å². The molecule has 2 aromatic carbocycles. The van der Waals surface area contributed by atoms with Crippen LogP contribution in [0, 0.1) is 0 Å². The van der Waals surface area contributed by atoms with Gasteiger partial charge in [0.15, 0.2) is 0 Å². The number of rotatable bonds is 3. The molecular formula is C17H22O. The van der Waals surface area contributed by atoms with E-state index in [0.29, 0.717) is 11.7 Å². The van der Waals surface area contributed by atoms with Crippen molar-refractivity contribution >= 4 is 0 Å². The van der Waals surface area contributed by atoms with Crippen LogP contribution in [0.15, 0.2) is 54.6 Å². The Hall–Kier alpha value is -1.76. The lowest BCUT2D eigenvalue weighted by molar-refractivity contribution is 0.475. The summed E-state index contributed by atoms with van der Waals surface area (Å²) in [6.07, 6.45) is 1.06. The van der Waals surface area contributed by atoms with Gasteiger partial charge in [0.2, 0.25) is 0 Å². The van der Waals surface area contributed by atoms with Crippen LogP contribution in [0.3, 0.4) is 0 Å². The minimum Gasteiger partial charge on any atom is -0.508 e. The molecule has 0 amide bonds. The standard InChI is InChI=1S/C15H16O.C2H6/c1-2-15(12-6-4-3-5-7-12)13-8-10-14(16)11-9-13;1-2/h3-11,15-16H,2H2,1H3;1-2H3. The third kappa shape index (κ3) is 3.63. The highest BCUT2D eigenvalue weighted by Crippen LogP contribution is 2.28. The number of aromatic hydroxyl groups is 1. The Morgan fingerprint density at radius 3 is 1.83 bits per heavy atom. The van der Waals surface area contributed by atoms with Gasteiger partial charge >= 0.3 is 0 Å². The summed E-state index contributed by atoms with van der Waals surface area (Å²) < 4.78 is 0. The first-order valence-corrected chi connectivity index (χ1v) is 6.65. The summed E-state index contributed by atoms with van der Waals surface area (Å²) in [5.41, 5.74) is 2.59. The summed E-state index contributed by atoms with van der Waals surface area (Å²) in [5, 5.41) is 9.28. The largest absolute Gasteiger partial charge is 0.508 e. The maximum atomic E-state index is 9.28. The van der Waals surface area contributed by atoms with E-state index in [0.717, 1.165) is 6.42 Å². The lowest BCUT2D eigenvalue weighted by Crippen LogP contribution is -1.98. The van der Waals surface area contributed by atoms with Crippen LogP contribution in [0.25, 0.3) is 0 Å². The van der Waals surface area contributed by atoms with Gasteiger partial charge in [0.25, 0.3) is 0 Å². The molecule has 0 saturated heterocycles. The molecule has 1 heteroatoms. The van der Waals surface area contributed by atoms with E-state index in [9.17, 15) is 5.11 Å². The van der Waals surface area contributed by atoms with E-state index in [-0.39, 0.29) is 0 Å². The van der Waals surface area contributed by atoms with Gasteiger partial charge in [-0.05, 0) is 29.7 Å². The molecule has 0 saturated carbocycles. The Kier molecular flexibility index (Phi) is 5.99. The molecule has 0 aliphatic rings. The maximum absolute atomic E-state index is 9.28. The van der Waals surface area contributed by atoms with E-state index in [1.165, 1.54) is 11.1 Å². The monoisotopic (exact) mass is 242 g/mol. The van der Waals surface area contributed by atoms with E-state index in [2.05, 4.69) is 31.2 Å².